The summed E-state index contributed by atoms with van der Waals surface area (Å²) in [6.45, 7) is -0.763. The van der Waals surface area contributed by atoms with E-state index in [-0.39, 0.29) is 4.77 Å². The first-order chi connectivity index (χ1) is 9.25. The monoisotopic (exact) mass is 312 g/mol. The van der Waals surface area contributed by atoms with Crippen LogP contribution in [0.15, 0.2) is 17.1 Å². The van der Waals surface area contributed by atoms with Gasteiger partial charge in [-0.15, -0.1) is 0 Å². The summed E-state index contributed by atoms with van der Waals surface area (Å²) in [6.07, 6.45) is -8.64. The number of alkyl halides is 3. The molecule has 0 radical (unpaired) electrons. The number of rotatable bonds is 2. The van der Waals surface area contributed by atoms with E-state index >= 15 is 0 Å². The second-order valence-electron chi connectivity index (χ2n) is 4.32. The number of nitrogens with one attached hydrogen (secondary N) is 1. The number of aromatic nitrogens is 2. The molecule has 0 aliphatic carbocycles. The van der Waals surface area contributed by atoms with E-state index in [0.717, 1.165) is 16.8 Å². The van der Waals surface area contributed by atoms with Crippen molar-refractivity contribution in [3.63, 3.8) is 0 Å². The first-order valence-corrected chi connectivity index (χ1v) is 5.99. The average Bonchev–Trinajstić information content (AvgIpc) is 2.65. The Morgan fingerprint density at radius 3 is 2.65 bits per heavy atom. The summed E-state index contributed by atoms with van der Waals surface area (Å²) in [7, 11) is 0. The molecule has 1 aliphatic heterocycles. The molecule has 1 aromatic rings. The second-order valence-corrected chi connectivity index (χ2v) is 4.71. The number of hydrogen-bond acceptors (Lipinski definition) is 5. The molecular formula is C10H11F3N2O4S. The number of nitrogens with zero attached hydrogens (tertiary/aromatic N) is 1. The van der Waals surface area contributed by atoms with Gasteiger partial charge in [0.25, 0.3) is 5.56 Å². The zero-order valence-electron chi connectivity index (χ0n) is 9.87. The lowest BCUT2D eigenvalue weighted by molar-refractivity contribution is -0.211. The fourth-order valence-electron chi connectivity index (χ4n) is 2.12. The summed E-state index contributed by atoms with van der Waals surface area (Å²) >= 11 is 4.78. The molecule has 112 valence electrons. The van der Waals surface area contributed by atoms with E-state index in [1.807, 2.05) is 0 Å². The molecule has 0 amide bonds. The molecule has 1 aromatic heterocycles. The lowest BCUT2D eigenvalue weighted by Gasteiger charge is -2.24. The third kappa shape index (κ3) is 2.64. The van der Waals surface area contributed by atoms with E-state index in [2.05, 4.69) is 4.98 Å². The van der Waals surface area contributed by atoms with Crippen molar-refractivity contribution in [2.45, 2.75) is 24.6 Å². The van der Waals surface area contributed by atoms with Crippen molar-refractivity contribution in [3.05, 3.63) is 27.4 Å². The minimum atomic E-state index is -4.75. The summed E-state index contributed by atoms with van der Waals surface area (Å²) in [5, 5.41) is 18.6. The van der Waals surface area contributed by atoms with Gasteiger partial charge in [-0.25, -0.2) is 0 Å². The van der Waals surface area contributed by atoms with Crippen LogP contribution in [-0.4, -0.2) is 44.8 Å². The number of ether oxygens (including phenoxy) is 1. The van der Waals surface area contributed by atoms with E-state index < -0.39 is 42.7 Å². The third-order valence-electron chi connectivity index (χ3n) is 3.05. The molecule has 0 saturated carbocycles. The highest BCUT2D eigenvalue weighted by atomic mass is 32.1. The second kappa shape index (κ2) is 5.28. The molecule has 1 saturated heterocycles. The first-order valence-electron chi connectivity index (χ1n) is 5.58. The maximum atomic E-state index is 13.0. The van der Waals surface area contributed by atoms with Crippen LogP contribution in [0.5, 0.6) is 0 Å². The fraction of sp³-hybridized carbons (Fsp3) is 0.600. The lowest BCUT2D eigenvalue weighted by Crippen LogP contribution is -2.39. The van der Waals surface area contributed by atoms with Gasteiger partial charge in [0.2, 0.25) is 0 Å². The van der Waals surface area contributed by atoms with Gasteiger partial charge in [-0.1, -0.05) is 0 Å². The highest BCUT2D eigenvalue weighted by molar-refractivity contribution is 7.71. The SMILES string of the molecule is O=c1ccn(C2OC(CO)C(O)C2C(F)(F)F)c(=S)[nH]1. The Kier molecular flexibility index (Phi) is 4.00. The minimum absolute atomic E-state index is 0.262. The van der Waals surface area contributed by atoms with Gasteiger partial charge in [0, 0.05) is 12.3 Å². The molecule has 0 aromatic carbocycles. The number of aliphatic hydroxyl groups excluding tert-OH is 2. The van der Waals surface area contributed by atoms with Gasteiger partial charge in [-0.2, -0.15) is 13.2 Å². The molecule has 4 atom stereocenters. The van der Waals surface area contributed by atoms with E-state index in [1.54, 1.807) is 0 Å². The maximum Gasteiger partial charge on any atom is 0.398 e. The van der Waals surface area contributed by atoms with Crippen molar-refractivity contribution in [2.75, 3.05) is 6.61 Å². The Bertz CT molecular complexity index is 599. The molecule has 2 rings (SSSR count). The van der Waals surface area contributed by atoms with Crippen LogP contribution in [0.1, 0.15) is 6.23 Å². The minimum Gasteiger partial charge on any atom is -0.394 e. The quantitative estimate of drug-likeness (QED) is 0.685. The Labute approximate surface area is 115 Å². The Balaban J connectivity index is 2.47. The van der Waals surface area contributed by atoms with Crippen LogP contribution < -0.4 is 5.56 Å². The standard InChI is InChI=1S/C10H11F3N2O4S/c11-10(12,13)6-7(18)4(3-16)19-8(6)15-2-1-5(17)14-9(15)20/h1-2,4,6-8,16,18H,3H2,(H,14,17,20). The van der Waals surface area contributed by atoms with Gasteiger partial charge in [0.05, 0.1) is 12.7 Å². The zero-order chi connectivity index (χ0) is 15.1. The van der Waals surface area contributed by atoms with Crippen molar-refractivity contribution in [1.82, 2.24) is 9.55 Å². The van der Waals surface area contributed by atoms with E-state index in [9.17, 15) is 23.1 Å². The number of hydrogen-bond donors (Lipinski definition) is 3. The normalized spacial score (nSPS) is 30.6. The number of halogens is 3. The molecule has 1 fully saturated rings. The van der Waals surface area contributed by atoms with E-state index in [1.165, 1.54) is 0 Å². The summed E-state index contributed by atoms with van der Waals surface area (Å²) in [5.41, 5.74) is -0.563. The number of H-pyrrole nitrogens is 1. The van der Waals surface area contributed by atoms with Crippen LogP contribution >= 0.6 is 12.2 Å². The first kappa shape index (κ1) is 15.2. The van der Waals surface area contributed by atoms with Gasteiger partial charge < -0.3 is 14.9 Å². The molecule has 0 spiro atoms. The van der Waals surface area contributed by atoms with Crippen molar-refractivity contribution >= 4 is 12.2 Å². The smallest absolute Gasteiger partial charge is 0.394 e. The molecule has 10 heteroatoms. The highest BCUT2D eigenvalue weighted by Crippen LogP contribution is 2.44. The molecule has 1 aliphatic rings. The Morgan fingerprint density at radius 2 is 2.15 bits per heavy atom. The van der Waals surface area contributed by atoms with Crippen LogP contribution in [-0.2, 0) is 4.74 Å². The molecule has 2 heterocycles. The van der Waals surface area contributed by atoms with Crippen LogP contribution in [0.2, 0.25) is 0 Å². The molecule has 0 bridgehead atoms. The maximum absolute atomic E-state index is 13.0. The third-order valence-corrected chi connectivity index (χ3v) is 3.37. The van der Waals surface area contributed by atoms with Crippen LogP contribution in [0, 0.1) is 10.7 Å². The molecular weight excluding hydrogens is 301 g/mol. The van der Waals surface area contributed by atoms with Gasteiger partial charge in [-0.05, 0) is 12.2 Å². The lowest BCUT2D eigenvalue weighted by atomic mass is 9.99. The molecule has 4 unspecified atom stereocenters. The van der Waals surface area contributed by atoms with Gasteiger partial charge >= 0.3 is 6.18 Å². The molecule has 6 nitrogen and oxygen atoms in total. The van der Waals surface area contributed by atoms with E-state index in [0.29, 0.717) is 0 Å². The Hall–Kier alpha value is -1.23. The van der Waals surface area contributed by atoms with Crippen molar-refractivity contribution in [2.24, 2.45) is 5.92 Å². The summed E-state index contributed by atoms with van der Waals surface area (Å²) < 4.78 is 44.7. The van der Waals surface area contributed by atoms with Gasteiger partial charge in [0.15, 0.2) is 11.0 Å². The molecule has 20 heavy (non-hydrogen) atoms. The van der Waals surface area contributed by atoms with E-state index in [4.69, 9.17) is 22.1 Å². The molecule has 3 N–H and O–H groups in total. The predicted octanol–water partition coefficient (Wildman–Crippen LogP) is 0.335. The van der Waals surface area contributed by atoms with Gasteiger partial charge in [0.1, 0.15) is 12.0 Å². The van der Waals surface area contributed by atoms with Crippen LogP contribution in [0.4, 0.5) is 13.2 Å². The number of aliphatic hydroxyl groups is 2. The predicted molar refractivity (Wildman–Crippen MR) is 62.4 cm³/mol. The van der Waals surface area contributed by atoms with Crippen molar-refractivity contribution in [3.8, 4) is 0 Å². The van der Waals surface area contributed by atoms with Crippen LogP contribution in [0.25, 0.3) is 0 Å². The highest BCUT2D eigenvalue weighted by Gasteiger charge is 2.57. The Morgan fingerprint density at radius 1 is 1.50 bits per heavy atom. The number of aromatic amines is 1. The van der Waals surface area contributed by atoms with Crippen molar-refractivity contribution in [1.29, 1.82) is 0 Å². The van der Waals surface area contributed by atoms with Gasteiger partial charge in [-0.3, -0.25) is 14.3 Å². The largest absolute Gasteiger partial charge is 0.398 e. The fourth-order valence-corrected chi connectivity index (χ4v) is 2.38. The topological polar surface area (TPSA) is 87.5 Å². The average molecular weight is 312 g/mol. The summed E-state index contributed by atoms with van der Waals surface area (Å²) in [4.78, 5) is 13.2. The van der Waals surface area contributed by atoms with Crippen LogP contribution in [0.3, 0.4) is 0 Å². The summed E-state index contributed by atoms with van der Waals surface area (Å²) in [6, 6.07) is 0.991. The van der Waals surface area contributed by atoms with Crippen molar-refractivity contribution < 1.29 is 28.1 Å². The zero-order valence-corrected chi connectivity index (χ0v) is 10.7. The summed E-state index contributed by atoms with van der Waals surface area (Å²) in [5.74, 6) is -2.25.